The molecule has 0 saturated heterocycles. The molecule has 1 unspecified atom stereocenters. The van der Waals surface area contributed by atoms with Crippen molar-refractivity contribution in [2.24, 2.45) is 0 Å². The summed E-state index contributed by atoms with van der Waals surface area (Å²) in [6.45, 7) is 0. The van der Waals surface area contributed by atoms with Gasteiger partial charge in [-0.2, -0.15) is 0 Å². The first-order valence-corrected chi connectivity index (χ1v) is 7.90. The largest absolute Gasteiger partial charge is 0.496 e. The number of alkyl halides is 1. The zero-order valence-electron chi connectivity index (χ0n) is 11.0. The van der Waals surface area contributed by atoms with Gasteiger partial charge in [-0.05, 0) is 39.7 Å². The number of halogens is 3. The van der Waals surface area contributed by atoms with Crippen molar-refractivity contribution >= 4 is 43.5 Å². The zero-order chi connectivity index (χ0) is 14.7. The third kappa shape index (κ3) is 3.13. The molecule has 2 aromatic rings. The first kappa shape index (κ1) is 15.7. The Morgan fingerprint density at radius 2 is 1.55 bits per heavy atom. The molecule has 0 bridgehead atoms. The number of hydrogen-bond acceptors (Lipinski definition) is 2. The highest BCUT2D eigenvalue weighted by Crippen LogP contribution is 2.42. The van der Waals surface area contributed by atoms with Crippen molar-refractivity contribution in [2.75, 3.05) is 14.2 Å². The molecule has 0 radical (unpaired) electrons. The lowest BCUT2D eigenvalue weighted by Gasteiger charge is -2.17. The molecule has 106 valence electrons. The predicted octanol–water partition coefficient (Wildman–Crippen LogP) is 5.56. The quantitative estimate of drug-likeness (QED) is 0.603. The fourth-order valence-corrected chi connectivity index (χ4v) is 3.42. The topological polar surface area (TPSA) is 18.5 Å². The summed E-state index contributed by atoms with van der Waals surface area (Å²) < 4.78 is 12.5. The lowest BCUT2D eigenvalue weighted by molar-refractivity contribution is 0.397. The Morgan fingerprint density at radius 1 is 0.900 bits per heavy atom. The Labute approximate surface area is 140 Å². The molecule has 0 fully saturated rings. The Kier molecular flexibility index (Phi) is 5.35. The SMILES string of the molecule is COc1cc(C(Cl)c2ccccc2Br)c(OC)cc1Br. The van der Waals surface area contributed by atoms with Crippen molar-refractivity contribution in [1.82, 2.24) is 0 Å². The van der Waals surface area contributed by atoms with Crippen LogP contribution in [-0.4, -0.2) is 14.2 Å². The summed E-state index contributed by atoms with van der Waals surface area (Å²) in [5.74, 6) is 1.44. The molecule has 2 aromatic carbocycles. The first-order valence-electron chi connectivity index (χ1n) is 5.88. The molecule has 0 aliphatic carbocycles. The number of rotatable bonds is 4. The van der Waals surface area contributed by atoms with Crippen LogP contribution in [0.25, 0.3) is 0 Å². The highest BCUT2D eigenvalue weighted by molar-refractivity contribution is 9.10. The van der Waals surface area contributed by atoms with Gasteiger partial charge in [0.05, 0.1) is 24.1 Å². The van der Waals surface area contributed by atoms with E-state index >= 15 is 0 Å². The van der Waals surface area contributed by atoms with E-state index in [1.54, 1.807) is 14.2 Å². The lowest BCUT2D eigenvalue weighted by atomic mass is 10.0. The predicted molar refractivity (Wildman–Crippen MR) is 89.1 cm³/mol. The van der Waals surface area contributed by atoms with Crippen LogP contribution >= 0.6 is 43.5 Å². The van der Waals surface area contributed by atoms with Crippen LogP contribution in [0.1, 0.15) is 16.5 Å². The summed E-state index contributed by atoms with van der Waals surface area (Å²) in [6.07, 6.45) is 0. The second kappa shape index (κ2) is 6.83. The number of ether oxygens (including phenoxy) is 2. The molecule has 0 aromatic heterocycles. The summed E-state index contributed by atoms with van der Waals surface area (Å²) in [4.78, 5) is 0. The second-order valence-electron chi connectivity index (χ2n) is 4.11. The van der Waals surface area contributed by atoms with Gasteiger partial charge < -0.3 is 9.47 Å². The van der Waals surface area contributed by atoms with Crippen LogP contribution in [0.5, 0.6) is 11.5 Å². The summed E-state index contributed by atoms with van der Waals surface area (Å²) in [7, 11) is 3.25. The molecule has 1 atom stereocenters. The van der Waals surface area contributed by atoms with E-state index in [1.807, 2.05) is 36.4 Å². The third-order valence-electron chi connectivity index (χ3n) is 2.96. The minimum absolute atomic E-state index is 0.331. The Balaban J connectivity index is 2.53. The molecule has 5 heteroatoms. The van der Waals surface area contributed by atoms with Crippen LogP contribution in [0.2, 0.25) is 0 Å². The van der Waals surface area contributed by atoms with Gasteiger partial charge in [-0.3, -0.25) is 0 Å². The van der Waals surface area contributed by atoms with Crippen LogP contribution in [0.4, 0.5) is 0 Å². The number of benzene rings is 2. The summed E-state index contributed by atoms with van der Waals surface area (Å²) in [5.41, 5.74) is 1.85. The van der Waals surface area contributed by atoms with Crippen molar-refractivity contribution < 1.29 is 9.47 Å². The van der Waals surface area contributed by atoms with E-state index in [1.165, 1.54) is 0 Å². The molecule has 2 rings (SSSR count). The van der Waals surface area contributed by atoms with Crippen LogP contribution < -0.4 is 9.47 Å². The van der Waals surface area contributed by atoms with Gasteiger partial charge in [0.25, 0.3) is 0 Å². The average molecular weight is 421 g/mol. The zero-order valence-corrected chi connectivity index (χ0v) is 14.9. The van der Waals surface area contributed by atoms with E-state index in [4.69, 9.17) is 21.1 Å². The monoisotopic (exact) mass is 418 g/mol. The number of hydrogen-bond donors (Lipinski definition) is 0. The normalized spacial score (nSPS) is 12.1. The third-order valence-corrected chi connectivity index (χ3v) is 4.77. The average Bonchev–Trinajstić information content (AvgIpc) is 2.46. The van der Waals surface area contributed by atoms with Crippen LogP contribution in [-0.2, 0) is 0 Å². The van der Waals surface area contributed by atoms with Gasteiger partial charge in [0.1, 0.15) is 11.5 Å². The van der Waals surface area contributed by atoms with Gasteiger partial charge in [0.15, 0.2) is 0 Å². The first-order chi connectivity index (χ1) is 9.58. The summed E-state index contributed by atoms with van der Waals surface area (Å²) in [6, 6.07) is 11.6. The van der Waals surface area contributed by atoms with Crippen LogP contribution in [0, 0.1) is 0 Å². The number of methoxy groups -OCH3 is 2. The van der Waals surface area contributed by atoms with E-state index in [-0.39, 0.29) is 5.38 Å². The maximum absolute atomic E-state index is 6.62. The van der Waals surface area contributed by atoms with Crippen molar-refractivity contribution in [3.63, 3.8) is 0 Å². The van der Waals surface area contributed by atoms with Gasteiger partial charge in [0, 0.05) is 10.0 Å². The van der Waals surface area contributed by atoms with E-state index in [0.717, 1.165) is 25.8 Å². The molecule has 0 saturated carbocycles. The van der Waals surface area contributed by atoms with Gasteiger partial charge >= 0.3 is 0 Å². The van der Waals surface area contributed by atoms with Gasteiger partial charge in [-0.1, -0.05) is 34.1 Å². The molecule has 0 heterocycles. The maximum atomic E-state index is 6.62. The molecule has 20 heavy (non-hydrogen) atoms. The highest BCUT2D eigenvalue weighted by atomic mass is 79.9. The maximum Gasteiger partial charge on any atom is 0.133 e. The second-order valence-corrected chi connectivity index (χ2v) is 6.26. The van der Waals surface area contributed by atoms with Crippen LogP contribution in [0.15, 0.2) is 45.3 Å². The molecular formula is C15H13Br2ClO2. The Morgan fingerprint density at radius 3 is 2.15 bits per heavy atom. The van der Waals surface area contributed by atoms with E-state index in [9.17, 15) is 0 Å². The molecule has 0 amide bonds. The Hall–Kier alpha value is -0.710. The molecule has 0 aliphatic heterocycles. The van der Waals surface area contributed by atoms with Crippen molar-refractivity contribution in [3.05, 3.63) is 56.5 Å². The highest BCUT2D eigenvalue weighted by Gasteiger charge is 2.20. The van der Waals surface area contributed by atoms with Gasteiger partial charge in [-0.25, -0.2) is 0 Å². The molecule has 0 aliphatic rings. The van der Waals surface area contributed by atoms with E-state index in [0.29, 0.717) is 5.75 Å². The summed E-state index contributed by atoms with van der Waals surface area (Å²) >= 11 is 13.6. The standard InChI is InChI=1S/C15H13Br2ClO2/c1-19-13-8-12(17)14(20-2)7-10(13)15(18)9-5-3-4-6-11(9)16/h3-8,15H,1-2H3. The van der Waals surface area contributed by atoms with Gasteiger partial charge in [0.2, 0.25) is 0 Å². The minimum atomic E-state index is -0.331. The molecule has 2 nitrogen and oxygen atoms in total. The van der Waals surface area contributed by atoms with Crippen LogP contribution in [0.3, 0.4) is 0 Å². The smallest absolute Gasteiger partial charge is 0.133 e. The van der Waals surface area contributed by atoms with Gasteiger partial charge in [-0.15, -0.1) is 11.6 Å². The summed E-state index contributed by atoms with van der Waals surface area (Å²) in [5, 5.41) is -0.331. The fourth-order valence-electron chi connectivity index (χ4n) is 1.93. The van der Waals surface area contributed by atoms with Crippen molar-refractivity contribution in [2.45, 2.75) is 5.38 Å². The minimum Gasteiger partial charge on any atom is -0.496 e. The molecule has 0 spiro atoms. The molecule has 0 N–H and O–H groups in total. The van der Waals surface area contributed by atoms with E-state index in [2.05, 4.69) is 31.9 Å². The van der Waals surface area contributed by atoms with Crippen molar-refractivity contribution in [1.29, 1.82) is 0 Å². The van der Waals surface area contributed by atoms with Crippen molar-refractivity contribution in [3.8, 4) is 11.5 Å². The lowest BCUT2D eigenvalue weighted by Crippen LogP contribution is -2.00. The Bertz CT molecular complexity index is 617. The fraction of sp³-hybridized carbons (Fsp3) is 0.200. The van der Waals surface area contributed by atoms with E-state index < -0.39 is 0 Å². The molecular weight excluding hydrogens is 407 g/mol.